The van der Waals surface area contributed by atoms with Gasteiger partial charge in [0.15, 0.2) is 0 Å². The molecule has 6 nitrogen and oxygen atoms in total. The first-order chi connectivity index (χ1) is 15.0. The van der Waals surface area contributed by atoms with Gasteiger partial charge in [0.25, 0.3) is 5.91 Å². The molecular formula is C23H18BrClN4O2. The zero-order valence-electron chi connectivity index (χ0n) is 16.5. The van der Waals surface area contributed by atoms with Crippen LogP contribution in [-0.4, -0.2) is 20.4 Å². The van der Waals surface area contributed by atoms with Gasteiger partial charge >= 0.3 is 0 Å². The number of halogens is 2. The molecule has 2 aromatic heterocycles. The first kappa shape index (κ1) is 21.1. The highest BCUT2D eigenvalue weighted by atomic mass is 79.9. The molecule has 4 aromatic rings. The number of nitrogens with zero attached hydrogens (tertiary/aromatic N) is 3. The Hall–Kier alpha value is -3.16. The van der Waals surface area contributed by atoms with Crippen molar-refractivity contribution in [3.63, 3.8) is 0 Å². The predicted molar refractivity (Wildman–Crippen MR) is 122 cm³/mol. The highest BCUT2D eigenvalue weighted by Crippen LogP contribution is 2.25. The van der Waals surface area contributed by atoms with E-state index in [1.807, 2.05) is 54.2 Å². The van der Waals surface area contributed by atoms with Gasteiger partial charge in [-0.1, -0.05) is 45.7 Å². The molecule has 0 radical (unpaired) electrons. The van der Waals surface area contributed by atoms with Crippen LogP contribution in [0.3, 0.4) is 0 Å². The largest absolute Gasteiger partial charge is 0.439 e. The van der Waals surface area contributed by atoms with E-state index in [4.69, 9.17) is 16.3 Å². The molecule has 2 heterocycles. The zero-order valence-corrected chi connectivity index (χ0v) is 18.8. The van der Waals surface area contributed by atoms with Crippen LogP contribution in [0, 0.1) is 0 Å². The summed E-state index contributed by atoms with van der Waals surface area (Å²) in [6.45, 7) is 0. The van der Waals surface area contributed by atoms with Gasteiger partial charge < -0.3 is 14.6 Å². The van der Waals surface area contributed by atoms with Crippen LogP contribution >= 0.6 is 27.5 Å². The number of carbonyl (C=O) groups excluding carboxylic acids is 1. The highest BCUT2D eigenvalue weighted by molar-refractivity contribution is 9.10. The van der Waals surface area contributed by atoms with Crippen LogP contribution in [0.1, 0.15) is 27.8 Å². The van der Waals surface area contributed by atoms with E-state index in [9.17, 15) is 4.79 Å². The Balaban J connectivity index is 1.53. The highest BCUT2D eigenvalue weighted by Gasteiger charge is 2.21. The van der Waals surface area contributed by atoms with E-state index in [-0.39, 0.29) is 5.91 Å². The van der Waals surface area contributed by atoms with Crippen molar-refractivity contribution in [1.29, 1.82) is 0 Å². The number of hydrogen-bond acceptors (Lipinski definition) is 4. The first-order valence-electron chi connectivity index (χ1n) is 9.42. The second-order valence-corrected chi connectivity index (χ2v) is 8.15. The number of pyridine rings is 1. The number of carbonyl (C=O) groups is 1. The van der Waals surface area contributed by atoms with Gasteiger partial charge in [0.1, 0.15) is 17.6 Å². The van der Waals surface area contributed by atoms with Crippen LogP contribution in [-0.2, 0) is 7.05 Å². The summed E-state index contributed by atoms with van der Waals surface area (Å²) in [6.07, 6.45) is 5.01. The van der Waals surface area contributed by atoms with Gasteiger partial charge in [-0.25, -0.2) is 9.97 Å². The van der Waals surface area contributed by atoms with Crippen LogP contribution in [0.4, 0.5) is 0 Å². The van der Waals surface area contributed by atoms with Gasteiger partial charge in [0.2, 0.25) is 5.88 Å². The summed E-state index contributed by atoms with van der Waals surface area (Å²) in [4.78, 5) is 21.6. The number of hydrogen-bond donors (Lipinski definition) is 1. The Morgan fingerprint density at radius 2 is 1.94 bits per heavy atom. The van der Waals surface area contributed by atoms with E-state index in [1.54, 1.807) is 30.5 Å². The van der Waals surface area contributed by atoms with Crippen LogP contribution in [0.15, 0.2) is 83.7 Å². The topological polar surface area (TPSA) is 69.0 Å². The molecule has 0 aliphatic heterocycles. The fourth-order valence-corrected chi connectivity index (χ4v) is 3.55. The lowest BCUT2D eigenvalue weighted by atomic mass is 10.1. The third kappa shape index (κ3) is 5.13. The van der Waals surface area contributed by atoms with Crippen molar-refractivity contribution < 1.29 is 9.53 Å². The van der Waals surface area contributed by atoms with Gasteiger partial charge in [-0.15, -0.1) is 0 Å². The lowest BCUT2D eigenvalue weighted by molar-refractivity contribution is 0.0940. The predicted octanol–water partition coefficient (Wildman–Crippen LogP) is 5.54. The number of nitrogens with one attached hydrogen (secondary N) is 1. The van der Waals surface area contributed by atoms with Crippen LogP contribution < -0.4 is 10.1 Å². The molecule has 8 heteroatoms. The molecule has 0 bridgehead atoms. The molecule has 0 saturated heterocycles. The normalized spacial score (nSPS) is 11.7. The fourth-order valence-electron chi connectivity index (χ4n) is 3.05. The molecule has 1 atom stereocenters. The van der Waals surface area contributed by atoms with Crippen molar-refractivity contribution in [1.82, 2.24) is 19.9 Å². The summed E-state index contributed by atoms with van der Waals surface area (Å²) < 4.78 is 8.51. The lowest BCUT2D eigenvalue weighted by Gasteiger charge is -2.19. The lowest BCUT2D eigenvalue weighted by Crippen LogP contribution is -2.31. The number of ether oxygens (including phenoxy) is 1. The Bertz CT molecular complexity index is 1190. The Morgan fingerprint density at radius 1 is 1.13 bits per heavy atom. The zero-order chi connectivity index (χ0) is 21.8. The summed E-state index contributed by atoms with van der Waals surface area (Å²) in [6, 6.07) is 17.7. The van der Waals surface area contributed by atoms with Crippen LogP contribution in [0.5, 0.6) is 11.6 Å². The van der Waals surface area contributed by atoms with E-state index in [0.717, 1.165) is 10.0 Å². The van der Waals surface area contributed by atoms with Gasteiger partial charge in [-0.2, -0.15) is 0 Å². The van der Waals surface area contributed by atoms with E-state index >= 15 is 0 Å². The molecule has 2 aromatic carbocycles. The Kier molecular flexibility index (Phi) is 6.34. The molecular weight excluding hydrogens is 480 g/mol. The summed E-state index contributed by atoms with van der Waals surface area (Å²) in [5.74, 6) is 1.48. The second-order valence-electron chi connectivity index (χ2n) is 6.80. The molecule has 156 valence electrons. The van der Waals surface area contributed by atoms with Crippen LogP contribution in [0.2, 0.25) is 5.02 Å². The molecule has 0 aliphatic rings. The minimum atomic E-state index is -0.442. The van der Waals surface area contributed by atoms with E-state index in [0.29, 0.717) is 28.0 Å². The SMILES string of the molecule is Cn1ccnc1[C@@H](NC(=O)c1ccc(Oc2cccc(Br)c2)nc1)c1ccc(Cl)cc1. The Labute approximate surface area is 193 Å². The van der Waals surface area contributed by atoms with Gasteiger partial charge in [-0.05, 0) is 42.0 Å². The van der Waals surface area contributed by atoms with Crippen molar-refractivity contribution in [2.75, 3.05) is 0 Å². The van der Waals surface area contributed by atoms with Crippen molar-refractivity contribution in [2.45, 2.75) is 6.04 Å². The third-order valence-corrected chi connectivity index (χ3v) is 5.36. The van der Waals surface area contributed by atoms with Crippen LogP contribution in [0.25, 0.3) is 0 Å². The summed E-state index contributed by atoms with van der Waals surface area (Å²) in [5, 5.41) is 3.66. The summed E-state index contributed by atoms with van der Waals surface area (Å²) in [5.41, 5.74) is 1.28. The summed E-state index contributed by atoms with van der Waals surface area (Å²) >= 11 is 9.43. The smallest absolute Gasteiger partial charge is 0.253 e. The standard InChI is InChI=1S/C23H18BrClN4O2/c1-29-12-11-26-22(29)21(15-5-8-18(25)9-6-15)28-23(30)16-7-10-20(27-14-16)31-19-4-2-3-17(24)13-19/h2-14,21H,1H3,(H,28,30)/t21-/m0/s1. The molecule has 1 amide bonds. The van der Waals surface area contributed by atoms with E-state index in [2.05, 4.69) is 31.2 Å². The minimum absolute atomic E-state index is 0.274. The molecule has 4 rings (SSSR count). The number of aryl methyl sites for hydroxylation is 1. The number of aromatic nitrogens is 3. The van der Waals surface area contributed by atoms with Gasteiger partial charge in [0.05, 0.1) is 5.56 Å². The van der Waals surface area contributed by atoms with E-state index < -0.39 is 6.04 Å². The van der Waals surface area contributed by atoms with Gasteiger partial charge in [-0.3, -0.25) is 4.79 Å². The molecule has 0 fully saturated rings. The van der Waals surface area contributed by atoms with Crippen molar-refractivity contribution in [2.24, 2.45) is 7.05 Å². The average molecular weight is 498 g/mol. The molecule has 0 unspecified atom stereocenters. The number of amides is 1. The molecule has 0 spiro atoms. The quantitative estimate of drug-likeness (QED) is 0.380. The molecule has 0 aliphatic carbocycles. The number of benzene rings is 2. The average Bonchev–Trinajstić information content (AvgIpc) is 3.19. The van der Waals surface area contributed by atoms with E-state index in [1.165, 1.54) is 6.20 Å². The van der Waals surface area contributed by atoms with Crippen molar-refractivity contribution in [3.05, 3.63) is 106 Å². The molecule has 0 saturated carbocycles. The number of rotatable bonds is 6. The van der Waals surface area contributed by atoms with Crippen molar-refractivity contribution >= 4 is 33.4 Å². The maximum absolute atomic E-state index is 13.0. The van der Waals surface area contributed by atoms with Crippen molar-refractivity contribution in [3.8, 4) is 11.6 Å². The molecule has 31 heavy (non-hydrogen) atoms. The number of imidazole rings is 1. The second kappa shape index (κ2) is 9.32. The first-order valence-corrected chi connectivity index (χ1v) is 10.6. The maximum Gasteiger partial charge on any atom is 0.253 e. The minimum Gasteiger partial charge on any atom is -0.439 e. The maximum atomic E-state index is 13.0. The third-order valence-electron chi connectivity index (χ3n) is 4.61. The fraction of sp³-hybridized carbons (Fsp3) is 0.0870. The monoisotopic (exact) mass is 496 g/mol. The summed E-state index contributed by atoms with van der Waals surface area (Å²) in [7, 11) is 1.88. The Morgan fingerprint density at radius 3 is 2.58 bits per heavy atom. The molecule has 1 N–H and O–H groups in total. The van der Waals surface area contributed by atoms with Gasteiger partial charge in [0, 0.05) is 41.2 Å².